The van der Waals surface area contributed by atoms with Gasteiger partial charge in [-0.3, -0.25) is 0 Å². The van der Waals surface area contributed by atoms with E-state index in [1.54, 1.807) is 0 Å². The summed E-state index contributed by atoms with van der Waals surface area (Å²) in [5, 5.41) is 0. The Kier molecular flexibility index (Phi) is 2.32. The Hall–Kier alpha value is -0.511. The summed E-state index contributed by atoms with van der Waals surface area (Å²) in [7, 11) is 1.82. The predicted molar refractivity (Wildman–Crippen MR) is 53.0 cm³/mol. The van der Waals surface area contributed by atoms with Gasteiger partial charge in [-0.25, -0.2) is 0 Å². The van der Waals surface area contributed by atoms with E-state index in [4.69, 9.17) is 0 Å². The number of benzene rings is 1. The molecule has 70 valence electrons. The van der Waals surface area contributed by atoms with Gasteiger partial charge >= 0.3 is 84.3 Å². The number of fused-ring (bicyclic) bond motifs is 1. The summed E-state index contributed by atoms with van der Waals surface area (Å²) in [6.45, 7) is 0. The normalized spacial score (nSPS) is 20.8. The van der Waals surface area contributed by atoms with Gasteiger partial charge in [-0.1, -0.05) is 0 Å². The summed E-state index contributed by atoms with van der Waals surface area (Å²) < 4.78 is 21.5. The first-order chi connectivity index (χ1) is 6.20. The van der Waals surface area contributed by atoms with Crippen molar-refractivity contribution in [3.05, 3.63) is 24.3 Å². The van der Waals surface area contributed by atoms with Gasteiger partial charge in [0.15, 0.2) is 0 Å². The van der Waals surface area contributed by atoms with Gasteiger partial charge in [0.25, 0.3) is 0 Å². The summed E-state index contributed by atoms with van der Waals surface area (Å²) in [4.78, 5) is 2.88. The number of nitrogens with zero attached hydrogens (tertiary/aromatic N) is 1. The van der Waals surface area contributed by atoms with Crippen LogP contribution in [0.4, 0.5) is 5.69 Å². The van der Waals surface area contributed by atoms with Crippen LogP contribution in [0.3, 0.4) is 0 Å². The molecule has 5 heteroatoms. The number of para-hydroxylation sites is 1. The Morgan fingerprint density at radius 3 is 2.69 bits per heavy atom. The van der Waals surface area contributed by atoms with Crippen molar-refractivity contribution in [2.24, 2.45) is 0 Å². The average molecular weight is 262 g/mol. The number of anilines is 1. The second-order valence-corrected chi connectivity index (χ2v) is 6.91. The SMILES string of the molecule is CN1c2ccccc2SC1[SeH](=O)=O. The van der Waals surface area contributed by atoms with Gasteiger partial charge in [-0.2, -0.15) is 0 Å². The molecule has 0 aromatic heterocycles. The van der Waals surface area contributed by atoms with Crippen LogP contribution in [0.2, 0.25) is 0 Å². The van der Waals surface area contributed by atoms with Gasteiger partial charge in [-0.05, 0) is 0 Å². The van der Waals surface area contributed by atoms with Crippen LogP contribution in [0.1, 0.15) is 0 Å². The molecule has 1 unspecified atom stereocenters. The van der Waals surface area contributed by atoms with Gasteiger partial charge in [-0.15, -0.1) is 0 Å². The molecule has 1 atom stereocenters. The molecule has 3 nitrogen and oxygen atoms in total. The molecular formula is C8H9NO2SSe. The fourth-order valence-electron chi connectivity index (χ4n) is 1.34. The van der Waals surface area contributed by atoms with Crippen molar-refractivity contribution in [1.29, 1.82) is 0 Å². The van der Waals surface area contributed by atoms with Crippen molar-refractivity contribution in [2.75, 3.05) is 11.9 Å². The predicted octanol–water partition coefficient (Wildman–Crippen LogP) is 1.18. The maximum absolute atomic E-state index is 10.9. The van der Waals surface area contributed by atoms with Crippen LogP contribution in [0.25, 0.3) is 0 Å². The molecule has 0 bridgehead atoms. The van der Waals surface area contributed by atoms with Crippen LogP contribution < -0.4 is 4.90 Å². The number of rotatable bonds is 1. The first-order valence-electron chi connectivity index (χ1n) is 3.82. The van der Waals surface area contributed by atoms with Crippen LogP contribution >= 0.6 is 11.8 Å². The van der Waals surface area contributed by atoms with E-state index in [0.717, 1.165) is 10.6 Å². The van der Waals surface area contributed by atoms with Crippen molar-refractivity contribution in [1.82, 2.24) is 0 Å². The second-order valence-electron chi connectivity index (χ2n) is 2.81. The molecule has 0 radical (unpaired) electrons. The molecule has 0 saturated carbocycles. The van der Waals surface area contributed by atoms with Crippen LogP contribution in [-0.4, -0.2) is 25.1 Å². The number of hydrogen-bond acceptors (Lipinski definition) is 4. The Balaban J connectivity index is 2.43. The molecule has 0 aliphatic carbocycles. The molecule has 13 heavy (non-hydrogen) atoms. The third kappa shape index (κ3) is 1.47. The molecule has 1 aromatic carbocycles. The summed E-state index contributed by atoms with van der Waals surface area (Å²) in [6.07, 6.45) is 0. The summed E-state index contributed by atoms with van der Waals surface area (Å²) in [5.41, 5.74) is 1.02. The molecule has 0 spiro atoms. The third-order valence-electron chi connectivity index (χ3n) is 1.99. The fourth-order valence-corrected chi connectivity index (χ4v) is 4.53. The zero-order valence-electron chi connectivity index (χ0n) is 7.01. The first kappa shape index (κ1) is 9.06. The van der Waals surface area contributed by atoms with Crippen LogP contribution in [0.15, 0.2) is 29.2 Å². The quantitative estimate of drug-likeness (QED) is 0.712. The van der Waals surface area contributed by atoms with E-state index in [1.165, 1.54) is 11.8 Å². The molecule has 0 saturated heterocycles. The molecule has 0 amide bonds. The molecule has 0 fully saturated rings. The standard InChI is InChI=1S/C8H9NO2SSe/c1-9-6-4-2-3-5-7(6)12-8(9)13(10)11/h2-5,8,13H,1H3. The monoisotopic (exact) mass is 263 g/mol. The van der Waals surface area contributed by atoms with Gasteiger partial charge in [0.1, 0.15) is 0 Å². The minimum atomic E-state index is -3.14. The van der Waals surface area contributed by atoms with E-state index in [9.17, 15) is 7.67 Å². The van der Waals surface area contributed by atoms with Gasteiger partial charge in [0, 0.05) is 0 Å². The van der Waals surface area contributed by atoms with Gasteiger partial charge in [0.05, 0.1) is 0 Å². The second kappa shape index (κ2) is 3.33. The molecule has 1 aliphatic rings. The van der Waals surface area contributed by atoms with Crippen molar-refractivity contribution in [3.8, 4) is 0 Å². The van der Waals surface area contributed by atoms with Gasteiger partial charge < -0.3 is 0 Å². The summed E-state index contributed by atoms with van der Waals surface area (Å²) in [5.74, 6) is 0. The molecule has 1 aromatic rings. The molecule has 1 heterocycles. The van der Waals surface area contributed by atoms with E-state index >= 15 is 0 Å². The Morgan fingerprint density at radius 1 is 1.38 bits per heavy atom. The van der Waals surface area contributed by atoms with Gasteiger partial charge in [0.2, 0.25) is 0 Å². The Morgan fingerprint density at radius 2 is 2.08 bits per heavy atom. The maximum atomic E-state index is 10.9. The zero-order valence-corrected chi connectivity index (χ0v) is 9.70. The number of hydrogen-bond donors (Lipinski definition) is 0. The van der Waals surface area contributed by atoms with E-state index < -0.39 is 13.8 Å². The van der Waals surface area contributed by atoms with E-state index in [0.29, 0.717) is 0 Å². The Labute approximate surface area is 84.4 Å². The fraction of sp³-hybridized carbons (Fsp3) is 0.250. The minimum absolute atomic E-state index is 0.357. The van der Waals surface area contributed by atoms with Crippen LogP contribution in [-0.2, 0) is 7.67 Å². The Bertz CT molecular complexity index is 397. The van der Waals surface area contributed by atoms with Crippen molar-refractivity contribution >= 4 is 31.2 Å². The van der Waals surface area contributed by atoms with Crippen LogP contribution in [0, 0.1) is 0 Å². The summed E-state index contributed by atoms with van der Waals surface area (Å²) >= 11 is -1.72. The molecule has 2 rings (SSSR count). The molecular weight excluding hydrogens is 253 g/mol. The topological polar surface area (TPSA) is 37.4 Å². The van der Waals surface area contributed by atoms with Crippen molar-refractivity contribution in [3.63, 3.8) is 0 Å². The number of thioether (sulfide) groups is 1. The third-order valence-corrected chi connectivity index (χ3v) is 6.16. The van der Waals surface area contributed by atoms with E-state index in [2.05, 4.69) is 0 Å². The average Bonchev–Trinajstić information content (AvgIpc) is 2.45. The molecule has 0 N–H and O–H groups in total. The first-order valence-corrected chi connectivity index (χ1v) is 7.31. The van der Waals surface area contributed by atoms with Crippen LogP contribution in [0.5, 0.6) is 0 Å². The van der Waals surface area contributed by atoms with E-state index in [-0.39, 0.29) is 4.27 Å². The summed E-state index contributed by atoms with van der Waals surface area (Å²) in [6, 6.07) is 7.74. The molecule has 1 aliphatic heterocycles. The van der Waals surface area contributed by atoms with Crippen molar-refractivity contribution in [2.45, 2.75) is 9.17 Å². The van der Waals surface area contributed by atoms with E-state index in [1.807, 2.05) is 36.2 Å². The zero-order chi connectivity index (χ0) is 9.42. The van der Waals surface area contributed by atoms with Crippen molar-refractivity contribution < 1.29 is 7.67 Å².